The zero-order chi connectivity index (χ0) is 24.5. The number of hydrogen-bond acceptors (Lipinski definition) is 4. The first-order valence-electron chi connectivity index (χ1n) is 11.2. The number of methoxy groups -OCH3 is 1. The number of thioether (sulfide) groups is 1. The van der Waals surface area contributed by atoms with Crippen LogP contribution in [0.5, 0.6) is 5.75 Å². The molecule has 0 fully saturated rings. The van der Waals surface area contributed by atoms with Crippen LogP contribution in [0.15, 0.2) is 77.8 Å². The lowest BCUT2D eigenvalue weighted by Gasteiger charge is -2.30. The summed E-state index contributed by atoms with van der Waals surface area (Å²) in [7, 11) is 3.49. The van der Waals surface area contributed by atoms with Crippen molar-refractivity contribution in [2.45, 2.75) is 17.6 Å². The third-order valence-electron chi connectivity index (χ3n) is 6.23. The molecule has 0 spiro atoms. The molecule has 5 rings (SSSR count). The monoisotopic (exact) mass is 489 g/mol. The minimum atomic E-state index is -1.05. The molecular weight excluding hydrogens is 465 g/mol. The third-order valence-corrected chi connectivity index (χ3v) is 7.39. The van der Waals surface area contributed by atoms with Crippen LogP contribution >= 0.6 is 11.8 Å². The van der Waals surface area contributed by atoms with E-state index in [1.54, 1.807) is 19.2 Å². The van der Waals surface area contributed by atoms with Crippen LogP contribution in [0.1, 0.15) is 17.2 Å². The minimum absolute atomic E-state index is 0.0799. The number of fused-ring (bicyclic) bond motifs is 3. The molecular formula is C27H24FN3O3S. The van der Waals surface area contributed by atoms with Crippen LogP contribution in [0.4, 0.5) is 10.1 Å². The molecule has 0 bridgehead atoms. The molecule has 4 aromatic rings. The summed E-state index contributed by atoms with van der Waals surface area (Å²) in [5, 5.41) is 4.64. The Bertz CT molecular complexity index is 1430. The van der Waals surface area contributed by atoms with E-state index in [0.29, 0.717) is 11.3 Å². The molecule has 35 heavy (non-hydrogen) atoms. The highest BCUT2D eigenvalue weighted by Gasteiger charge is 2.40. The van der Waals surface area contributed by atoms with Crippen molar-refractivity contribution >= 4 is 40.2 Å². The normalized spacial score (nSPS) is 15.6. The first-order valence-corrected chi connectivity index (χ1v) is 12.2. The molecule has 2 amide bonds. The Hall–Kier alpha value is -3.78. The Morgan fingerprint density at radius 3 is 2.60 bits per heavy atom. The van der Waals surface area contributed by atoms with Crippen molar-refractivity contribution in [2.75, 3.05) is 17.8 Å². The molecule has 1 aliphatic heterocycles. The quantitative estimate of drug-likeness (QED) is 0.437. The summed E-state index contributed by atoms with van der Waals surface area (Å²) in [4.78, 5) is 28.6. The topological polar surface area (TPSA) is 63.6 Å². The molecule has 178 valence electrons. The number of carbonyl (C=O) groups is 2. The molecule has 3 aromatic carbocycles. The van der Waals surface area contributed by atoms with Crippen molar-refractivity contribution in [2.24, 2.45) is 7.05 Å². The van der Waals surface area contributed by atoms with Gasteiger partial charge < -0.3 is 14.6 Å². The Morgan fingerprint density at radius 1 is 1.09 bits per heavy atom. The Morgan fingerprint density at radius 2 is 1.80 bits per heavy atom. The number of carbonyl (C=O) groups excluding carboxylic acids is 2. The summed E-state index contributed by atoms with van der Waals surface area (Å²) in [5.74, 6) is -0.554. The van der Waals surface area contributed by atoms with Gasteiger partial charge in [0.1, 0.15) is 17.6 Å². The van der Waals surface area contributed by atoms with E-state index in [2.05, 4.69) is 5.32 Å². The number of benzene rings is 3. The molecule has 0 radical (unpaired) electrons. The van der Waals surface area contributed by atoms with Crippen molar-refractivity contribution in [3.8, 4) is 5.75 Å². The van der Waals surface area contributed by atoms with Gasteiger partial charge in [-0.15, -0.1) is 0 Å². The molecule has 1 N–H and O–H groups in total. The van der Waals surface area contributed by atoms with E-state index < -0.39 is 17.8 Å². The molecule has 1 aliphatic rings. The van der Waals surface area contributed by atoms with E-state index in [9.17, 15) is 9.59 Å². The van der Waals surface area contributed by atoms with E-state index in [1.165, 1.54) is 28.8 Å². The van der Waals surface area contributed by atoms with Gasteiger partial charge in [0, 0.05) is 35.6 Å². The van der Waals surface area contributed by atoms with E-state index in [-0.39, 0.29) is 23.9 Å². The van der Waals surface area contributed by atoms with Gasteiger partial charge in [-0.05, 0) is 24.3 Å². The smallest absolute Gasteiger partial charge is 0.248 e. The number of rotatable bonds is 5. The number of para-hydroxylation sites is 3. The number of halogens is 1. The molecule has 8 heteroatoms. The van der Waals surface area contributed by atoms with E-state index in [4.69, 9.17) is 4.74 Å². The fourth-order valence-electron chi connectivity index (χ4n) is 4.61. The van der Waals surface area contributed by atoms with Crippen molar-refractivity contribution in [3.05, 3.63) is 89.7 Å². The second-order valence-electron chi connectivity index (χ2n) is 8.23. The number of nitrogens with zero attached hydrogens (tertiary/aromatic N) is 2. The van der Waals surface area contributed by atoms with Crippen molar-refractivity contribution in [1.82, 2.24) is 9.88 Å². The summed E-state index contributed by atoms with van der Waals surface area (Å²) < 4.78 is 22.4. The summed E-state index contributed by atoms with van der Waals surface area (Å²) in [6.07, 6.45) is 0. The summed E-state index contributed by atoms with van der Waals surface area (Å²) >= 11 is 1.37. The molecule has 2 heterocycles. The number of nitrogens with one attached hydrogen (secondary N) is 1. The van der Waals surface area contributed by atoms with Gasteiger partial charge in [0.15, 0.2) is 0 Å². The van der Waals surface area contributed by atoms with Gasteiger partial charge in [0.25, 0.3) is 0 Å². The lowest BCUT2D eigenvalue weighted by molar-refractivity contribution is -0.126. The van der Waals surface area contributed by atoms with Gasteiger partial charge in [-0.2, -0.15) is 0 Å². The van der Waals surface area contributed by atoms with E-state index in [0.717, 1.165) is 21.5 Å². The van der Waals surface area contributed by atoms with Crippen LogP contribution < -0.4 is 15.0 Å². The average molecular weight is 490 g/mol. The molecule has 6 nitrogen and oxygen atoms in total. The fraction of sp³-hybridized carbons (Fsp3) is 0.185. The zero-order valence-corrected chi connectivity index (χ0v) is 20.1. The first-order chi connectivity index (χ1) is 17.0. The van der Waals surface area contributed by atoms with Crippen molar-refractivity contribution < 1.29 is 18.7 Å². The fourth-order valence-corrected chi connectivity index (χ4v) is 5.68. The van der Waals surface area contributed by atoms with Crippen LogP contribution in [0.3, 0.4) is 0 Å². The van der Waals surface area contributed by atoms with Crippen molar-refractivity contribution in [3.63, 3.8) is 0 Å². The highest BCUT2D eigenvalue weighted by atomic mass is 32.2. The molecule has 1 aromatic heterocycles. The first kappa shape index (κ1) is 23.0. The molecule has 0 saturated heterocycles. The van der Waals surface area contributed by atoms with Gasteiger partial charge >= 0.3 is 0 Å². The highest BCUT2D eigenvalue weighted by Crippen LogP contribution is 2.43. The van der Waals surface area contributed by atoms with Crippen molar-refractivity contribution in [1.29, 1.82) is 0 Å². The molecule has 0 saturated carbocycles. The largest absolute Gasteiger partial charge is 0.496 e. The lowest BCUT2D eigenvalue weighted by Crippen LogP contribution is -2.44. The van der Waals surface area contributed by atoms with E-state index in [1.807, 2.05) is 60.1 Å². The summed E-state index contributed by atoms with van der Waals surface area (Å²) in [5.41, 5.74) is 2.51. The molecule has 1 atom stereocenters. The summed E-state index contributed by atoms with van der Waals surface area (Å²) in [6, 6.07) is 20.2. The molecule has 0 aliphatic carbocycles. The summed E-state index contributed by atoms with van der Waals surface area (Å²) in [6.45, 7) is 0.200. The maximum absolute atomic E-state index is 15.0. The van der Waals surface area contributed by atoms with Gasteiger partial charge in [0.2, 0.25) is 11.8 Å². The molecule has 1 unspecified atom stereocenters. The number of aryl methyl sites for hydroxylation is 1. The Kier molecular flexibility index (Phi) is 6.21. The van der Waals surface area contributed by atoms with E-state index >= 15 is 4.39 Å². The number of amides is 2. The van der Waals surface area contributed by atoms with Gasteiger partial charge in [-0.25, -0.2) is 4.39 Å². The predicted molar refractivity (Wildman–Crippen MR) is 135 cm³/mol. The highest BCUT2D eigenvalue weighted by molar-refractivity contribution is 8.00. The minimum Gasteiger partial charge on any atom is -0.496 e. The number of hydrogen-bond donors (Lipinski definition) is 1. The van der Waals surface area contributed by atoms with Gasteiger partial charge in [0.05, 0.1) is 23.6 Å². The average Bonchev–Trinajstić information content (AvgIpc) is 3.06. The number of aromatic nitrogens is 1. The van der Waals surface area contributed by atoms with Crippen LogP contribution in [-0.4, -0.2) is 29.2 Å². The van der Waals surface area contributed by atoms with Crippen LogP contribution in [0, 0.1) is 5.82 Å². The van der Waals surface area contributed by atoms with Gasteiger partial charge in [-0.1, -0.05) is 60.3 Å². The van der Waals surface area contributed by atoms with Crippen LogP contribution in [0.2, 0.25) is 0 Å². The zero-order valence-electron chi connectivity index (χ0n) is 19.3. The maximum atomic E-state index is 15.0. The second-order valence-corrected chi connectivity index (χ2v) is 9.20. The third kappa shape index (κ3) is 4.04. The number of anilines is 1. The Balaban J connectivity index is 1.65. The SMILES string of the molecule is COc1ccccc1CNC(=O)C1c2c(n(C)c3ccccc23)SCC(=O)N1c1ccccc1F. The predicted octanol–water partition coefficient (Wildman–Crippen LogP) is 4.82. The lowest BCUT2D eigenvalue weighted by atomic mass is 10.0. The standard InChI is InChI=1S/C27H24FN3O3S/c1-30-20-12-6-4-10-18(20)24-25(26(33)29-15-17-9-3-8-14-22(17)34-2)31(23(32)16-35-27(24)30)21-13-7-5-11-19(21)28/h3-14,25H,15-16H2,1-2H3,(H,29,33). The maximum Gasteiger partial charge on any atom is 0.248 e. The second kappa shape index (κ2) is 9.46. The van der Waals surface area contributed by atoms with Crippen LogP contribution in [0.25, 0.3) is 10.9 Å². The number of ether oxygens (including phenoxy) is 1. The van der Waals surface area contributed by atoms with Crippen LogP contribution in [-0.2, 0) is 23.2 Å². The Labute approximate surface area is 206 Å². The van der Waals surface area contributed by atoms with Gasteiger partial charge in [-0.3, -0.25) is 14.5 Å².